The molecule has 1 spiro atoms. The highest BCUT2D eigenvalue weighted by molar-refractivity contribution is 6.02. The van der Waals surface area contributed by atoms with Gasteiger partial charge in [0.15, 0.2) is 0 Å². The Kier molecular flexibility index (Phi) is 7.33. The van der Waals surface area contributed by atoms with Crippen LogP contribution in [0.3, 0.4) is 0 Å². The van der Waals surface area contributed by atoms with E-state index in [9.17, 15) is 37.6 Å². The fourth-order valence-electron chi connectivity index (χ4n) is 5.46. The molecule has 220 valence electrons. The van der Waals surface area contributed by atoms with Crippen LogP contribution in [0.25, 0.3) is 0 Å². The van der Waals surface area contributed by atoms with Gasteiger partial charge in [0.25, 0.3) is 5.91 Å². The van der Waals surface area contributed by atoms with Crippen molar-refractivity contribution in [2.75, 3.05) is 18.9 Å². The molecule has 0 radical (unpaired) electrons. The van der Waals surface area contributed by atoms with Crippen LogP contribution in [-0.2, 0) is 19.2 Å². The van der Waals surface area contributed by atoms with Crippen LogP contribution in [0, 0.1) is 30.1 Å². The van der Waals surface area contributed by atoms with E-state index in [1.165, 1.54) is 11.9 Å². The number of amides is 4. The quantitative estimate of drug-likeness (QED) is 0.482. The number of fused-ring (bicyclic) bond motifs is 1. The van der Waals surface area contributed by atoms with Crippen molar-refractivity contribution in [3.63, 3.8) is 0 Å². The Hall–Kier alpha value is -3.89. The van der Waals surface area contributed by atoms with Crippen molar-refractivity contribution in [2.24, 2.45) is 11.8 Å². The lowest BCUT2D eigenvalue weighted by atomic mass is 9.97. The molecule has 1 aromatic heterocycles. The van der Waals surface area contributed by atoms with E-state index in [0.717, 1.165) is 30.6 Å². The van der Waals surface area contributed by atoms with Crippen LogP contribution in [0.1, 0.15) is 50.6 Å². The maximum atomic E-state index is 14.0. The summed E-state index contributed by atoms with van der Waals surface area (Å²) in [6.07, 6.45) is -1.91. The van der Waals surface area contributed by atoms with Crippen molar-refractivity contribution < 1.29 is 37.1 Å². The number of nitrogens with zero attached hydrogens (tertiary/aromatic N) is 4. The zero-order valence-electron chi connectivity index (χ0n) is 22.7. The van der Waals surface area contributed by atoms with Crippen LogP contribution < -0.4 is 15.4 Å². The van der Waals surface area contributed by atoms with E-state index in [4.69, 9.17) is 4.74 Å². The molecule has 3 heterocycles. The number of aromatic nitrogens is 1. The number of rotatable bonds is 8. The highest BCUT2D eigenvalue weighted by Crippen LogP contribution is 2.41. The van der Waals surface area contributed by atoms with E-state index in [1.807, 2.05) is 5.32 Å². The summed E-state index contributed by atoms with van der Waals surface area (Å²) in [6, 6.07) is 1.78. The number of likely N-dealkylation sites (N-methyl/N-ethyl adjacent to an activating group) is 1. The molecule has 4 amide bonds. The number of carbonyl (C=O) groups is 4. The fraction of sp³-hybridized carbons (Fsp3) is 0.630. The third-order valence-electron chi connectivity index (χ3n) is 8.19. The first-order valence-electron chi connectivity index (χ1n) is 13.6. The minimum atomic E-state index is -5.17. The summed E-state index contributed by atoms with van der Waals surface area (Å²) in [6.45, 7) is 1.47. The predicted octanol–water partition coefficient (Wildman–Crippen LogP) is 2.06. The number of nitriles is 1. The molecule has 0 aromatic carbocycles. The van der Waals surface area contributed by atoms with Gasteiger partial charge in [0.2, 0.25) is 23.3 Å². The number of likely N-dealkylation sites (tertiary alicyclic amines) is 1. The second-order valence-corrected chi connectivity index (χ2v) is 11.5. The van der Waals surface area contributed by atoms with Gasteiger partial charge >= 0.3 is 12.1 Å². The number of alkyl halides is 3. The number of anilines is 1. The Labute approximate surface area is 234 Å². The zero-order chi connectivity index (χ0) is 29.7. The van der Waals surface area contributed by atoms with Gasteiger partial charge < -0.3 is 25.2 Å². The van der Waals surface area contributed by atoms with Gasteiger partial charge in [-0.05, 0) is 43.7 Å². The van der Waals surface area contributed by atoms with Gasteiger partial charge in [-0.2, -0.15) is 18.4 Å². The fourth-order valence-corrected chi connectivity index (χ4v) is 5.46. The molecule has 4 unspecified atom stereocenters. The molecule has 1 aromatic rings. The van der Waals surface area contributed by atoms with Gasteiger partial charge in [-0.15, -0.1) is 0 Å². The molecule has 2 aliphatic carbocycles. The largest absolute Gasteiger partial charge is 0.471 e. The Morgan fingerprint density at radius 3 is 2.51 bits per heavy atom. The van der Waals surface area contributed by atoms with Crippen LogP contribution >= 0.6 is 0 Å². The van der Waals surface area contributed by atoms with E-state index >= 15 is 0 Å². The number of aryl methyl sites for hydroxylation is 1. The van der Waals surface area contributed by atoms with Crippen molar-refractivity contribution in [1.29, 1.82) is 5.26 Å². The van der Waals surface area contributed by atoms with E-state index < -0.39 is 53.5 Å². The lowest BCUT2D eigenvalue weighted by Crippen LogP contribution is -2.58. The SMILES string of the molecule is Cc1ccc2c(n1)OC1(CC(C#N)N(C(=O)C(CC3CC3)N(C)C(=O)C(CC3CC3)NC(=O)C(F)(F)F)C1)C(=O)N2. The van der Waals surface area contributed by atoms with Crippen molar-refractivity contribution in [1.82, 2.24) is 20.1 Å². The van der Waals surface area contributed by atoms with E-state index in [2.05, 4.69) is 16.4 Å². The molecule has 11 nitrogen and oxygen atoms in total. The number of ether oxygens (including phenoxy) is 1. The third kappa shape index (κ3) is 5.94. The lowest BCUT2D eigenvalue weighted by molar-refractivity contribution is -0.175. The Bertz CT molecular complexity index is 1310. The Balaban J connectivity index is 1.38. The summed E-state index contributed by atoms with van der Waals surface area (Å²) in [4.78, 5) is 59.0. The molecule has 0 bridgehead atoms. The van der Waals surface area contributed by atoms with E-state index in [-0.39, 0.29) is 43.5 Å². The molecular weight excluding hydrogens is 545 g/mol. The summed E-state index contributed by atoms with van der Waals surface area (Å²) in [5.74, 6) is -3.87. The highest BCUT2D eigenvalue weighted by atomic mass is 19.4. The maximum Gasteiger partial charge on any atom is 0.471 e. The minimum Gasteiger partial charge on any atom is -0.457 e. The maximum absolute atomic E-state index is 14.0. The van der Waals surface area contributed by atoms with Gasteiger partial charge in [0, 0.05) is 19.2 Å². The molecule has 2 N–H and O–H groups in total. The minimum absolute atomic E-state index is 0.00645. The molecule has 3 fully saturated rings. The average molecular weight is 577 g/mol. The summed E-state index contributed by atoms with van der Waals surface area (Å²) in [5.41, 5.74) is -0.573. The number of hydrogen-bond donors (Lipinski definition) is 2. The summed E-state index contributed by atoms with van der Waals surface area (Å²) in [5, 5.41) is 14.5. The lowest BCUT2D eigenvalue weighted by Gasteiger charge is -2.35. The normalized spacial score (nSPS) is 24.9. The van der Waals surface area contributed by atoms with Crippen molar-refractivity contribution in [3.8, 4) is 11.9 Å². The Morgan fingerprint density at radius 2 is 1.90 bits per heavy atom. The standard InChI is InChI=1S/C27H31F3N6O5/c1-14-3-8-18-21(32-14)41-26(24(39)33-18)11-17(12-31)36(13-26)23(38)20(10-16-6-7-16)35(2)22(37)19(9-15-4-5-15)34-25(40)27(28,29)30/h3,8,15-17,19-20H,4-7,9-11,13H2,1-2H3,(H,33,39)(H,34,40). The van der Waals surface area contributed by atoms with E-state index in [0.29, 0.717) is 11.4 Å². The van der Waals surface area contributed by atoms with Crippen LogP contribution in [0.5, 0.6) is 5.88 Å². The van der Waals surface area contributed by atoms with Gasteiger partial charge in [-0.3, -0.25) is 19.2 Å². The van der Waals surface area contributed by atoms with Gasteiger partial charge in [-0.1, -0.05) is 25.7 Å². The molecular formula is C27H31F3N6O5. The predicted molar refractivity (Wildman–Crippen MR) is 136 cm³/mol. The first kappa shape index (κ1) is 28.6. The molecule has 4 aliphatic rings. The Morgan fingerprint density at radius 1 is 1.24 bits per heavy atom. The number of halogens is 3. The van der Waals surface area contributed by atoms with E-state index in [1.54, 1.807) is 19.1 Å². The second-order valence-electron chi connectivity index (χ2n) is 11.5. The van der Waals surface area contributed by atoms with Crippen LogP contribution in [-0.4, -0.2) is 81.9 Å². The van der Waals surface area contributed by atoms with Crippen molar-refractivity contribution >= 4 is 29.3 Å². The van der Waals surface area contributed by atoms with Crippen LogP contribution in [0.2, 0.25) is 0 Å². The average Bonchev–Trinajstić information content (AvgIpc) is 3.85. The number of nitrogens with one attached hydrogen (secondary N) is 2. The van der Waals surface area contributed by atoms with Crippen molar-refractivity contribution in [3.05, 3.63) is 17.8 Å². The number of carbonyl (C=O) groups excluding carboxylic acids is 4. The van der Waals surface area contributed by atoms with Crippen LogP contribution in [0.15, 0.2) is 12.1 Å². The smallest absolute Gasteiger partial charge is 0.457 e. The third-order valence-corrected chi connectivity index (χ3v) is 8.19. The van der Waals surface area contributed by atoms with Gasteiger partial charge in [0.05, 0.1) is 12.6 Å². The molecule has 14 heteroatoms. The van der Waals surface area contributed by atoms with Crippen molar-refractivity contribution in [2.45, 2.75) is 81.8 Å². The molecule has 41 heavy (non-hydrogen) atoms. The molecule has 2 saturated carbocycles. The molecule has 1 saturated heterocycles. The van der Waals surface area contributed by atoms with Crippen LogP contribution in [0.4, 0.5) is 18.9 Å². The second kappa shape index (κ2) is 10.5. The molecule has 2 aliphatic heterocycles. The summed E-state index contributed by atoms with van der Waals surface area (Å²) < 4.78 is 45.1. The zero-order valence-corrected chi connectivity index (χ0v) is 22.7. The monoisotopic (exact) mass is 576 g/mol. The number of hydrogen-bond acceptors (Lipinski definition) is 7. The first-order valence-corrected chi connectivity index (χ1v) is 13.6. The van der Waals surface area contributed by atoms with Gasteiger partial charge in [0.1, 0.15) is 23.8 Å². The topological polar surface area (TPSA) is 145 Å². The molecule has 5 rings (SSSR count). The van der Waals surface area contributed by atoms with Gasteiger partial charge in [-0.25, -0.2) is 4.98 Å². The number of pyridine rings is 1. The first-order chi connectivity index (χ1) is 19.3. The summed E-state index contributed by atoms with van der Waals surface area (Å²) >= 11 is 0. The molecule has 4 atom stereocenters. The highest BCUT2D eigenvalue weighted by Gasteiger charge is 2.57. The summed E-state index contributed by atoms with van der Waals surface area (Å²) in [7, 11) is 1.33.